The number of piperidine rings is 1. The Morgan fingerprint density at radius 1 is 1.52 bits per heavy atom. The average molecular weight is 329 g/mol. The number of carbonyl (C=O) groups excluding carboxylic acids is 1. The fourth-order valence-electron chi connectivity index (χ4n) is 2.77. The van der Waals surface area contributed by atoms with Gasteiger partial charge in [-0.25, -0.2) is 4.79 Å². The summed E-state index contributed by atoms with van der Waals surface area (Å²) >= 11 is 3.08. The molecule has 118 valence electrons. The van der Waals surface area contributed by atoms with Crippen LogP contribution in [0.1, 0.15) is 43.3 Å². The smallest absolute Gasteiger partial charge is 0.350 e. The zero-order valence-electron chi connectivity index (χ0n) is 13.2. The van der Waals surface area contributed by atoms with Crippen molar-refractivity contribution in [1.82, 2.24) is 0 Å². The van der Waals surface area contributed by atoms with E-state index < -0.39 is 0 Å². The van der Waals surface area contributed by atoms with Crippen LogP contribution >= 0.6 is 23.1 Å². The van der Waals surface area contributed by atoms with Gasteiger partial charge in [0.15, 0.2) is 0 Å². The Labute approximate surface area is 135 Å². The van der Waals surface area contributed by atoms with E-state index in [1.54, 1.807) is 11.8 Å². The number of esters is 1. The molecule has 21 heavy (non-hydrogen) atoms. The number of nitrogen functional groups attached to an aromatic ring is 1. The molecule has 0 aliphatic carbocycles. The highest BCUT2D eigenvalue weighted by Gasteiger charge is 2.31. The zero-order chi connectivity index (χ0) is 15.6. The Morgan fingerprint density at radius 3 is 2.81 bits per heavy atom. The normalized spacial score (nSPS) is 17.8. The number of anilines is 2. The van der Waals surface area contributed by atoms with Crippen molar-refractivity contribution in [3.63, 3.8) is 0 Å². The molecular weight excluding hydrogens is 304 g/mol. The quantitative estimate of drug-likeness (QED) is 0.672. The van der Waals surface area contributed by atoms with Gasteiger partial charge >= 0.3 is 5.97 Å². The summed E-state index contributed by atoms with van der Waals surface area (Å²) < 4.78 is 5.11. The van der Waals surface area contributed by atoms with Crippen molar-refractivity contribution >= 4 is 39.8 Å². The molecule has 0 aromatic carbocycles. The molecule has 1 aliphatic heterocycles. The van der Waals surface area contributed by atoms with Crippen LogP contribution in [0.3, 0.4) is 0 Å². The van der Waals surface area contributed by atoms with Gasteiger partial charge in [0.2, 0.25) is 0 Å². The summed E-state index contributed by atoms with van der Waals surface area (Å²) in [6.07, 6.45) is 4.42. The summed E-state index contributed by atoms with van der Waals surface area (Å²) in [4.78, 5) is 16.0. The first-order chi connectivity index (χ1) is 9.89. The summed E-state index contributed by atoms with van der Waals surface area (Å²) in [6, 6.07) is 0. The van der Waals surface area contributed by atoms with E-state index in [9.17, 15) is 4.79 Å². The third-order valence-electron chi connectivity index (χ3n) is 3.73. The van der Waals surface area contributed by atoms with Crippen molar-refractivity contribution in [3.05, 3.63) is 4.88 Å². The molecule has 0 bridgehead atoms. The summed E-state index contributed by atoms with van der Waals surface area (Å²) in [6.45, 7) is 8.80. The maximum atomic E-state index is 12.0. The van der Waals surface area contributed by atoms with Crippen molar-refractivity contribution in [2.45, 2.75) is 38.5 Å². The lowest BCUT2D eigenvalue weighted by Crippen LogP contribution is -2.39. The van der Waals surface area contributed by atoms with Crippen molar-refractivity contribution < 1.29 is 9.53 Å². The molecule has 0 saturated carbocycles. The third kappa shape index (κ3) is 3.48. The van der Waals surface area contributed by atoms with Gasteiger partial charge in [0, 0.05) is 13.1 Å². The van der Waals surface area contributed by atoms with Crippen LogP contribution in [-0.4, -0.2) is 31.9 Å². The van der Waals surface area contributed by atoms with Crippen LogP contribution in [0.25, 0.3) is 0 Å². The molecule has 0 spiro atoms. The Balaban J connectivity index is 2.35. The van der Waals surface area contributed by atoms with Crippen molar-refractivity contribution in [1.29, 1.82) is 0 Å². The number of rotatable bonds is 4. The lowest BCUT2D eigenvalue weighted by Gasteiger charge is -2.39. The number of hydrogen-bond acceptors (Lipinski definition) is 6. The number of hydrogen-bond donors (Lipinski definition) is 1. The van der Waals surface area contributed by atoms with Crippen LogP contribution in [0.2, 0.25) is 0 Å². The Kier molecular flexibility index (Phi) is 5.09. The molecule has 0 atom stereocenters. The summed E-state index contributed by atoms with van der Waals surface area (Å²) in [5.41, 5.74) is 7.06. The van der Waals surface area contributed by atoms with E-state index in [-0.39, 0.29) is 5.97 Å². The molecule has 0 radical (unpaired) electrons. The fraction of sp³-hybridized carbons (Fsp3) is 0.667. The molecule has 1 saturated heterocycles. The van der Waals surface area contributed by atoms with Gasteiger partial charge in [0.25, 0.3) is 0 Å². The van der Waals surface area contributed by atoms with Gasteiger partial charge in [-0.05, 0) is 31.4 Å². The second kappa shape index (κ2) is 6.48. The molecule has 0 amide bonds. The SMILES string of the molecule is CCOC(=O)c1sc(N2CCCC(C)(C)C2)c(SC)c1N. The van der Waals surface area contributed by atoms with Gasteiger partial charge in [-0.15, -0.1) is 23.1 Å². The molecule has 2 N–H and O–H groups in total. The van der Waals surface area contributed by atoms with E-state index in [1.807, 2.05) is 13.2 Å². The van der Waals surface area contributed by atoms with Crippen LogP contribution in [0.5, 0.6) is 0 Å². The molecule has 2 heterocycles. The van der Waals surface area contributed by atoms with E-state index in [4.69, 9.17) is 10.5 Å². The lowest BCUT2D eigenvalue weighted by atomic mass is 9.84. The van der Waals surface area contributed by atoms with Gasteiger partial charge in [-0.1, -0.05) is 13.8 Å². The van der Waals surface area contributed by atoms with Crippen LogP contribution in [0, 0.1) is 5.41 Å². The second-order valence-electron chi connectivity index (χ2n) is 6.09. The van der Waals surface area contributed by atoms with Crippen LogP contribution in [-0.2, 0) is 4.74 Å². The molecule has 6 heteroatoms. The first-order valence-corrected chi connectivity index (χ1v) is 9.32. The highest BCUT2D eigenvalue weighted by molar-refractivity contribution is 7.99. The van der Waals surface area contributed by atoms with Gasteiger partial charge in [-0.2, -0.15) is 0 Å². The molecule has 1 aromatic heterocycles. The van der Waals surface area contributed by atoms with Crippen molar-refractivity contribution in [3.8, 4) is 0 Å². The second-order valence-corrected chi connectivity index (χ2v) is 7.91. The molecule has 1 aromatic rings. The maximum absolute atomic E-state index is 12.0. The third-order valence-corrected chi connectivity index (χ3v) is 5.93. The Morgan fingerprint density at radius 2 is 2.24 bits per heavy atom. The predicted octanol–water partition coefficient (Wildman–Crippen LogP) is 3.86. The first kappa shape index (κ1) is 16.5. The fourth-order valence-corrected chi connectivity index (χ4v) is 4.87. The Bertz CT molecular complexity index is 526. The number of nitrogens with zero attached hydrogens (tertiary/aromatic N) is 1. The summed E-state index contributed by atoms with van der Waals surface area (Å²) in [5.74, 6) is -0.308. The molecule has 4 nitrogen and oxygen atoms in total. The molecule has 1 aliphatic rings. The van der Waals surface area contributed by atoms with E-state index in [2.05, 4.69) is 18.7 Å². The highest BCUT2D eigenvalue weighted by atomic mass is 32.2. The Hall–Kier alpha value is -0.880. The molecule has 2 rings (SSSR count). The number of thiophene rings is 1. The summed E-state index contributed by atoms with van der Waals surface area (Å²) in [5, 5.41) is 1.12. The van der Waals surface area contributed by atoms with Gasteiger partial charge < -0.3 is 15.4 Å². The van der Waals surface area contributed by atoms with E-state index in [0.717, 1.165) is 23.0 Å². The predicted molar refractivity (Wildman–Crippen MR) is 91.7 cm³/mol. The van der Waals surface area contributed by atoms with Crippen molar-refractivity contribution in [2.24, 2.45) is 5.41 Å². The van der Waals surface area contributed by atoms with Crippen LogP contribution < -0.4 is 10.6 Å². The first-order valence-electron chi connectivity index (χ1n) is 7.28. The van der Waals surface area contributed by atoms with E-state index in [1.165, 1.54) is 24.2 Å². The highest BCUT2D eigenvalue weighted by Crippen LogP contribution is 2.46. The van der Waals surface area contributed by atoms with Crippen LogP contribution in [0.15, 0.2) is 4.90 Å². The van der Waals surface area contributed by atoms with Gasteiger partial charge in [0.1, 0.15) is 9.88 Å². The van der Waals surface area contributed by atoms with Gasteiger partial charge in [0.05, 0.1) is 17.2 Å². The molecule has 0 unspecified atom stereocenters. The molecule has 1 fully saturated rings. The largest absolute Gasteiger partial charge is 0.462 e. The maximum Gasteiger partial charge on any atom is 0.350 e. The minimum absolute atomic E-state index is 0.302. The van der Waals surface area contributed by atoms with E-state index >= 15 is 0 Å². The lowest BCUT2D eigenvalue weighted by molar-refractivity contribution is 0.0533. The minimum Gasteiger partial charge on any atom is -0.462 e. The minimum atomic E-state index is -0.308. The monoisotopic (exact) mass is 328 g/mol. The zero-order valence-corrected chi connectivity index (χ0v) is 14.8. The average Bonchev–Trinajstić information content (AvgIpc) is 2.75. The topological polar surface area (TPSA) is 55.6 Å². The standard InChI is InChI=1S/C15H24N2O2S2/c1-5-19-14(18)12-10(16)11(20-4)13(21-12)17-8-6-7-15(2,3)9-17/h5-9,16H2,1-4H3. The van der Waals surface area contributed by atoms with Gasteiger partial charge in [-0.3, -0.25) is 0 Å². The number of nitrogens with two attached hydrogens (primary N) is 1. The van der Waals surface area contributed by atoms with E-state index in [0.29, 0.717) is 22.6 Å². The van der Waals surface area contributed by atoms with Crippen molar-refractivity contribution in [2.75, 3.05) is 36.6 Å². The number of ether oxygens (including phenoxy) is 1. The summed E-state index contributed by atoms with van der Waals surface area (Å²) in [7, 11) is 0. The molecular formula is C15H24N2O2S2. The number of thioether (sulfide) groups is 1. The number of carbonyl (C=O) groups is 1. The van der Waals surface area contributed by atoms with Crippen LogP contribution in [0.4, 0.5) is 10.7 Å².